The van der Waals surface area contributed by atoms with Gasteiger partial charge in [0.2, 0.25) is 5.44 Å². The number of nitrogens with one attached hydrogen (secondary N) is 1. The minimum Gasteiger partial charge on any atom is -0.470 e. The number of fused-ring (bicyclic) bond motifs is 1. The van der Waals surface area contributed by atoms with Gasteiger partial charge in [-0.25, -0.2) is 0 Å². The van der Waals surface area contributed by atoms with Gasteiger partial charge in [-0.05, 0) is 37.4 Å². The Morgan fingerprint density at radius 2 is 2.26 bits per heavy atom. The molecule has 2 unspecified atom stereocenters. The first-order chi connectivity index (χ1) is 12.9. The smallest absolute Gasteiger partial charge is 0.273 e. The van der Waals surface area contributed by atoms with Crippen LogP contribution >= 0.6 is 11.8 Å². The van der Waals surface area contributed by atoms with Crippen LogP contribution in [0, 0.1) is 11.8 Å². The molecular formula is C19H23N3O4S. The largest absolute Gasteiger partial charge is 0.470 e. The molecule has 2 atom stereocenters. The van der Waals surface area contributed by atoms with E-state index in [4.69, 9.17) is 20.3 Å². The zero-order chi connectivity index (χ0) is 19.9. The van der Waals surface area contributed by atoms with Gasteiger partial charge in [0, 0.05) is 24.3 Å². The molecule has 0 aliphatic rings. The number of aliphatic hydroxyl groups is 1. The summed E-state index contributed by atoms with van der Waals surface area (Å²) < 4.78 is 10.8. The van der Waals surface area contributed by atoms with Crippen LogP contribution in [0.25, 0.3) is 10.9 Å². The molecule has 0 radical (unpaired) electrons. The lowest BCUT2D eigenvalue weighted by Gasteiger charge is -2.27. The van der Waals surface area contributed by atoms with Crippen LogP contribution in [0.2, 0.25) is 0 Å². The molecule has 0 fully saturated rings. The molecule has 0 bridgehead atoms. The summed E-state index contributed by atoms with van der Waals surface area (Å²) in [7, 11) is 1.52. The van der Waals surface area contributed by atoms with E-state index in [1.165, 1.54) is 18.9 Å². The maximum atomic E-state index is 12.5. The van der Waals surface area contributed by atoms with Crippen molar-refractivity contribution in [3.8, 4) is 17.6 Å². The van der Waals surface area contributed by atoms with Crippen molar-refractivity contribution >= 4 is 28.6 Å². The molecule has 1 aromatic heterocycles. The van der Waals surface area contributed by atoms with Gasteiger partial charge in [0.15, 0.2) is 0 Å². The lowest BCUT2D eigenvalue weighted by atomic mass is 10.1. The van der Waals surface area contributed by atoms with E-state index in [1.807, 2.05) is 6.07 Å². The van der Waals surface area contributed by atoms with E-state index < -0.39 is 11.1 Å². The number of ether oxygens (including phenoxy) is 2. The number of hydrogen-bond acceptors (Lipinski definition) is 7. The van der Waals surface area contributed by atoms with Crippen LogP contribution in [-0.2, 0) is 9.53 Å². The van der Waals surface area contributed by atoms with E-state index in [9.17, 15) is 4.79 Å². The number of nitrogens with zero attached hydrogens (tertiary/aromatic N) is 1. The molecule has 1 heterocycles. The molecular weight excluding hydrogens is 366 g/mol. The fraction of sp³-hybridized carbons (Fsp3) is 0.368. The first-order valence-electron chi connectivity index (χ1n) is 8.17. The SMILES string of the molecule is COCC(C)(N)NC(=O)C(Oc1ccc2ncc(C#CCO)cc2c1)SC. The summed E-state index contributed by atoms with van der Waals surface area (Å²) in [6.07, 6.45) is 3.42. The van der Waals surface area contributed by atoms with Crippen LogP contribution in [0.15, 0.2) is 30.5 Å². The number of rotatable bonds is 7. The molecule has 4 N–H and O–H groups in total. The van der Waals surface area contributed by atoms with E-state index in [2.05, 4.69) is 22.1 Å². The summed E-state index contributed by atoms with van der Waals surface area (Å²) in [5.41, 5.74) is 5.69. The molecule has 1 aromatic carbocycles. The summed E-state index contributed by atoms with van der Waals surface area (Å²) in [6, 6.07) is 7.20. The molecule has 144 valence electrons. The van der Waals surface area contributed by atoms with Gasteiger partial charge in [-0.3, -0.25) is 9.78 Å². The number of methoxy groups -OCH3 is 1. The van der Waals surface area contributed by atoms with E-state index >= 15 is 0 Å². The Bertz CT molecular complexity index is 861. The minimum atomic E-state index is -0.989. The second-order valence-corrected chi connectivity index (χ2v) is 6.96. The summed E-state index contributed by atoms with van der Waals surface area (Å²) in [4.78, 5) is 16.8. The number of carbonyl (C=O) groups is 1. The van der Waals surface area contributed by atoms with Crippen molar-refractivity contribution in [2.75, 3.05) is 26.6 Å². The van der Waals surface area contributed by atoms with Crippen molar-refractivity contribution in [3.63, 3.8) is 0 Å². The van der Waals surface area contributed by atoms with E-state index in [-0.39, 0.29) is 19.1 Å². The Hall–Kier alpha value is -2.31. The average molecular weight is 389 g/mol. The third-order valence-electron chi connectivity index (χ3n) is 3.49. The Morgan fingerprint density at radius 3 is 2.93 bits per heavy atom. The van der Waals surface area contributed by atoms with Crippen molar-refractivity contribution in [1.29, 1.82) is 0 Å². The van der Waals surface area contributed by atoms with Crippen LogP contribution in [-0.4, -0.2) is 53.7 Å². The fourth-order valence-corrected chi connectivity index (χ4v) is 2.88. The Balaban J connectivity index is 2.18. The highest BCUT2D eigenvalue weighted by molar-refractivity contribution is 7.99. The zero-order valence-electron chi connectivity index (χ0n) is 15.5. The van der Waals surface area contributed by atoms with E-state index in [1.54, 1.807) is 37.6 Å². The monoisotopic (exact) mass is 389 g/mol. The summed E-state index contributed by atoms with van der Waals surface area (Å²) >= 11 is 1.25. The van der Waals surface area contributed by atoms with Gasteiger partial charge < -0.3 is 25.6 Å². The lowest BCUT2D eigenvalue weighted by molar-refractivity contribution is -0.126. The van der Waals surface area contributed by atoms with Gasteiger partial charge >= 0.3 is 0 Å². The van der Waals surface area contributed by atoms with Gasteiger partial charge in [0.05, 0.1) is 12.1 Å². The third-order valence-corrected chi connectivity index (χ3v) is 4.23. The number of hydrogen-bond donors (Lipinski definition) is 3. The number of benzene rings is 1. The lowest BCUT2D eigenvalue weighted by Crippen LogP contribution is -2.59. The van der Waals surface area contributed by atoms with Gasteiger partial charge in [-0.1, -0.05) is 11.8 Å². The fourth-order valence-electron chi connectivity index (χ4n) is 2.40. The first kappa shape index (κ1) is 21.0. The van der Waals surface area contributed by atoms with Crippen molar-refractivity contribution in [1.82, 2.24) is 10.3 Å². The minimum absolute atomic E-state index is 0.180. The molecule has 7 nitrogen and oxygen atoms in total. The Morgan fingerprint density at radius 1 is 1.48 bits per heavy atom. The van der Waals surface area contributed by atoms with Gasteiger partial charge in [-0.2, -0.15) is 0 Å². The molecule has 8 heteroatoms. The molecule has 27 heavy (non-hydrogen) atoms. The number of carbonyl (C=O) groups excluding carboxylic acids is 1. The highest BCUT2D eigenvalue weighted by Crippen LogP contribution is 2.23. The predicted octanol–water partition coefficient (Wildman–Crippen LogP) is 1.08. The molecule has 0 aliphatic carbocycles. The summed E-state index contributed by atoms with van der Waals surface area (Å²) in [5.74, 6) is 5.59. The van der Waals surface area contributed by atoms with Crippen LogP contribution in [0.1, 0.15) is 12.5 Å². The second kappa shape index (κ2) is 9.58. The van der Waals surface area contributed by atoms with Crippen LogP contribution in [0.5, 0.6) is 5.75 Å². The second-order valence-electron chi connectivity index (χ2n) is 6.06. The van der Waals surface area contributed by atoms with Crippen LogP contribution in [0.4, 0.5) is 0 Å². The van der Waals surface area contributed by atoms with Crippen molar-refractivity contribution in [3.05, 3.63) is 36.0 Å². The maximum Gasteiger partial charge on any atom is 0.273 e. The molecule has 1 amide bonds. The number of pyridine rings is 1. The molecule has 0 saturated heterocycles. The van der Waals surface area contributed by atoms with Crippen molar-refractivity contribution < 1.29 is 19.4 Å². The average Bonchev–Trinajstić information content (AvgIpc) is 2.63. The number of nitrogens with two attached hydrogens (primary N) is 1. The summed E-state index contributed by atoms with van der Waals surface area (Å²) in [5, 5.41) is 12.3. The Labute approximate surface area is 162 Å². The normalized spacial score (nSPS) is 14.0. The summed E-state index contributed by atoms with van der Waals surface area (Å²) in [6.45, 7) is 1.64. The highest BCUT2D eigenvalue weighted by atomic mass is 32.2. The number of aliphatic hydroxyl groups excluding tert-OH is 1. The molecule has 0 saturated carbocycles. The van der Waals surface area contributed by atoms with Gasteiger partial charge in [0.25, 0.3) is 5.91 Å². The van der Waals surface area contributed by atoms with E-state index in [0.717, 1.165) is 10.9 Å². The third kappa shape index (κ3) is 6.12. The number of amides is 1. The predicted molar refractivity (Wildman–Crippen MR) is 106 cm³/mol. The topological polar surface area (TPSA) is 107 Å². The standard InChI is InChI=1S/C19H23N3O4S/c1-19(20,12-25-2)22-17(24)18(27-3)26-15-6-7-16-14(10-15)9-13(11-21-16)5-4-8-23/h6-7,9-11,18,23H,8,12,20H2,1-3H3,(H,22,24). The molecule has 0 spiro atoms. The zero-order valence-corrected chi connectivity index (χ0v) is 16.3. The molecule has 2 rings (SSSR count). The van der Waals surface area contributed by atoms with E-state index in [0.29, 0.717) is 11.3 Å². The van der Waals surface area contributed by atoms with Crippen molar-refractivity contribution in [2.45, 2.75) is 18.0 Å². The Kier molecular flexibility index (Phi) is 7.45. The molecule has 0 aliphatic heterocycles. The van der Waals surface area contributed by atoms with Gasteiger partial charge in [-0.15, -0.1) is 11.8 Å². The highest BCUT2D eigenvalue weighted by Gasteiger charge is 2.27. The molecule has 2 aromatic rings. The van der Waals surface area contributed by atoms with Gasteiger partial charge in [0.1, 0.15) is 18.0 Å². The number of aromatic nitrogens is 1. The van der Waals surface area contributed by atoms with Crippen LogP contribution in [0.3, 0.4) is 0 Å². The quantitative estimate of drug-likeness (QED) is 0.481. The van der Waals surface area contributed by atoms with Crippen LogP contribution < -0.4 is 15.8 Å². The van der Waals surface area contributed by atoms with Crippen molar-refractivity contribution in [2.24, 2.45) is 5.73 Å². The first-order valence-corrected chi connectivity index (χ1v) is 9.46. The maximum absolute atomic E-state index is 12.5. The number of thioether (sulfide) groups is 1.